The van der Waals surface area contributed by atoms with Gasteiger partial charge < -0.3 is 4.74 Å². The van der Waals surface area contributed by atoms with Gasteiger partial charge in [-0.3, -0.25) is 0 Å². The number of benzene rings is 1. The molecule has 0 amide bonds. The van der Waals surface area contributed by atoms with Crippen LogP contribution < -0.4 is 0 Å². The van der Waals surface area contributed by atoms with Crippen molar-refractivity contribution >= 4 is 16.1 Å². The van der Waals surface area contributed by atoms with Crippen molar-refractivity contribution in [2.45, 2.75) is 25.1 Å². The topological polar surface area (TPSA) is 69.7 Å². The van der Waals surface area contributed by atoms with Crippen LogP contribution in [0.2, 0.25) is 0 Å². The van der Waals surface area contributed by atoms with Crippen LogP contribution in [0.1, 0.15) is 13.8 Å². The fraction of sp³-hybridized carbons (Fsp3) is 0.364. The van der Waals surface area contributed by atoms with Gasteiger partial charge in [-0.1, -0.05) is 30.3 Å². The number of hydrogen-bond acceptors (Lipinski definition) is 5. The van der Waals surface area contributed by atoms with E-state index >= 15 is 0 Å². The fourth-order valence-corrected chi connectivity index (χ4v) is 1.56. The summed E-state index contributed by atoms with van der Waals surface area (Å²) in [5.74, 6) is -1.36. The predicted molar refractivity (Wildman–Crippen MR) is 61.8 cm³/mol. The molecule has 112 valence electrons. The van der Waals surface area contributed by atoms with E-state index in [1.54, 1.807) is 30.3 Å². The molecule has 5 nitrogen and oxygen atoms in total. The standard InChI is InChI=1S/C11H11F3O5S/c1-8(19-20(16,17)11(12,13)14)10(15)18-7-9-5-3-2-4-6-9/h2-6,8H,7H2,1H3/t8-/m1/s1/i1D. The van der Waals surface area contributed by atoms with Gasteiger partial charge in [-0.05, 0) is 12.5 Å². The van der Waals surface area contributed by atoms with Gasteiger partial charge in [0.15, 0.2) is 6.10 Å². The molecule has 0 saturated heterocycles. The molecule has 0 radical (unpaired) electrons. The summed E-state index contributed by atoms with van der Waals surface area (Å²) in [6.07, 6.45) is -2.17. The van der Waals surface area contributed by atoms with Crippen LogP contribution in [0, 0.1) is 0 Å². The molecular weight excluding hydrogens is 301 g/mol. The number of halogens is 3. The van der Waals surface area contributed by atoms with E-state index in [4.69, 9.17) is 1.37 Å². The van der Waals surface area contributed by atoms with Crippen molar-refractivity contribution in [3.63, 3.8) is 0 Å². The van der Waals surface area contributed by atoms with Crippen molar-refractivity contribution < 1.29 is 36.7 Å². The summed E-state index contributed by atoms with van der Waals surface area (Å²) in [5, 5.41) is 0. The van der Waals surface area contributed by atoms with Crippen molar-refractivity contribution in [1.29, 1.82) is 0 Å². The molecule has 1 atom stereocenters. The molecule has 0 saturated carbocycles. The summed E-state index contributed by atoms with van der Waals surface area (Å²) in [5.41, 5.74) is -5.12. The third-order valence-corrected chi connectivity index (χ3v) is 3.07. The van der Waals surface area contributed by atoms with Crippen molar-refractivity contribution in [2.75, 3.05) is 0 Å². The average Bonchev–Trinajstić information content (AvgIpc) is 2.42. The first-order chi connectivity index (χ1) is 9.67. The Bertz CT molecular complexity index is 573. The zero-order chi connectivity index (χ0) is 16.1. The molecule has 0 fully saturated rings. The molecular formula is C11H11F3O5S. The number of carbonyl (C=O) groups is 1. The number of carbonyl (C=O) groups excluding carboxylic acids is 1. The van der Waals surface area contributed by atoms with E-state index in [0.717, 1.165) is 0 Å². The molecule has 0 bridgehead atoms. The second-order valence-electron chi connectivity index (χ2n) is 3.58. The lowest BCUT2D eigenvalue weighted by Gasteiger charge is -2.13. The van der Waals surface area contributed by atoms with Crippen LogP contribution in [0.4, 0.5) is 13.2 Å². The first-order valence-electron chi connectivity index (χ1n) is 5.87. The Morgan fingerprint density at radius 3 is 2.45 bits per heavy atom. The Hall–Kier alpha value is -1.61. The SMILES string of the molecule is [2H]C[C@@H](OS(=O)(=O)C(F)(F)F)C(=O)OCc1ccccc1. The normalized spacial score (nSPS) is 14.4. The highest BCUT2D eigenvalue weighted by Gasteiger charge is 2.49. The summed E-state index contributed by atoms with van der Waals surface area (Å²) in [7, 11) is -5.96. The molecule has 0 heterocycles. The van der Waals surface area contributed by atoms with Crippen molar-refractivity contribution in [3.05, 3.63) is 35.9 Å². The smallest absolute Gasteiger partial charge is 0.459 e. The van der Waals surface area contributed by atoms with Gasteiger partial charge in [-0.2, -0.15) is 21.6 Å². The minimum Gasteiger partial charge on any atom is -0.459 e. The van der Waals surface area contributed by atoms with E-state index in [1.807, 2.05) is 0 Å². The Balaban J connectivity index is 2.66. The van der Waals surface area contributed by atoms with Crippen LogP contribution in [0.3, 0.4) is 0 Å². The predicted octanol–water partition coefficient (Wildman–Crippen LogP) is 1.98. The van der Waals surface area contributed by atoms with Crippen LogP contribution in [-0.2, 0) is 30.4 Å². The third kappa shape index (κ3) is 4.49. The van der Waals surface area contributed by atoms with Crippen LogP contribution in [0.5, 0.6) is 0 Å². The maximum absolute atomic E-state index is 12.1. The van der Waals surface area contributed by atoms with Gasteiger partial charge in [0.1, 0.15) is 6.61 Å². The largest absolute Gasteiger partial charge is 0.523 e. The molecule has 0 N–H and O–H groups in total. The summed E-state index contributed by atoms with van der Waals surface area (Å²) < 4.78 is 73.1. The summed E-state index contributed by atoms with van der Waals surface area (Å²) in [6.45, 7) is -1.30. The van der Waals surface area contributed by atoms with Gasteiger partial charge >= 0.3 is 21.6 Å². The number of ether oxygens (including phenoxy) is 1. The van der Waals surface area contributed by atoms with Gasteiger partial charge in [0.05, 0.1) is 0 Å². The molecule has 0 aliphatic carbocycles. The minimum atomic E-state index is -5.96. The average molecular weight is 313 g/mol. The van der Waals surface area contributed by atoms with Gasteiger partial charge in [0, 0.05) is 1.37 Å². The zero-order valence-corrected chi connectivity index (χ0v) is 10.8. The van der Waals surface area contributed by atoms with Crippen LogP contribution in [0.25, 0.3) is 0 Å². The maximum atomic E-state index is 12.1. The van der Waals surface area contributed by atoms with Gasteiger partial charge in [0.2, 0.25) is 0 Å². The quantitative estimate of drug-likeness (QED) is 0.472. The highest BCUT2D eigenvalue weighted by atomic mass is 32.2. The zero-order valence-electron chi connectivity index (χ0n) is 11.0. The molecule has 1 aromatic carbocycles. The maximum Gasteiger partial charge on any atom is 0.523 e. The second-order valence-corrected chi connectivity index (χ2v) is 5.14. The number of alkyl halides is 3. The Labute approximate surface area is 114 Å². The highest BCUT2D eigenvalue weighted by molar-refractivity contribution is 7.87. The van der Waals surface area contributed by atoms with Crippen molar-refractivity contribution in [2.24, 2.45) is 0 Å². The first kappa shape index (κ1) is 14.8. The Kier molecular flexibility index (Phi) is 4.61. The molecule has 0 aliphatic heterocycles. The van der Waals surface area contributed by atoms with Crippen LogP contribution in [0.15, 0.2) is 30.3 Å². The molecule has 0 unspecified atom stereocenters. The monoisotopic (exact) mass is 313 g/mol. The summed E-state index contributed by atoms with van der Waals surface area (Å²) >= 11 is 0. The molecule has 1 rings (SSSR count). The Morgan fingerprint density at radius 1 is 1.35 bits per heavy atom. The highest BCUT2D eigenvalue weighted by Crippen LogP contribution is 2.25. The second kappa shape index (κ2) is 6.23. The molecule has 0 aliphatic rings. The molecule has 9 heteroatoms. The van der Waals surface area contributed by atoms with Crippen molar-refractivity contribution in [1.82, 2.24) is 0 Å². The first-order valence-corrected chi connectivity index (χ1v) is 6.57. The summed E-state index contributed by atoms with van der Waals surface area (Å²) in [6, 6.07) is 8.19. The van der Waals surface area contributed by atoms with Gasteiger partial charge in [-0.15, -0.1) is 0 Å². The number of esters is 1. The van der Waals surface area contributed by atoms with Crippen LogP contribution >= 0.6 is 0 Å². The lowest BCUT2D eigenvalue weighted by molar-refractivity contribution is -0.153. The van der Waals surface area contributed by atoms with Gasteiger partial charge in [0.25, 0.3) is 0 Å². The van der Waals surface area contributed by atoms with Crippen molar-refractivity contribution in [3.8, 4) is 0 Å². The number of rotatable bonds is 5. The molecule has 1 aromatic rings. The van der Waals surface area contributed by atoms with E-state index in [9.17, 15) is 26.4 Å². The molecule has 20 heavy (non-hydrogen) atoms. The molecule has 0 spiro atoms. The third-order valence-electron chi connectivity index (χ3n) is 2.01. The van der Waals surface area contributed by atoms with Gasteiger partial charge in [-0.25, -0.2) is 8.98 Å². The van der Waals surface area contributed by atoms with E-state index in [0.29, 0.717) is 5.56 Å². The Morgan fingerprint density at radius 2 is 1.95 bits per heavy atom. The van der Waals surface area contributed by atoms with E-state index in [2.05, 4.69) is 8.92 Å². The van der Waals surface area contributed by atoms with E-state index in [1.165, 1.54) is 0 Å². The molecule has 0 aromatic heterocycles. The fourth-order valence-electron chi connectivity index (χ4n) is 1.07. The number of hydrogen-bond donors (Lipinski definition) is 0. The lowest BCUT2D eigenvalue weighted by Crippen LogP contribution is -2.33. The lowest BCUT2D eigenvalue weighted by atomic mass is 10.2. The summed E-state index contributed by atoms with van der Waals surface area (Å²) in [4.78, 5) is 11.5. The van der Waals surface area contributed by atoms with E-state index < -0.39 is 34.6 Å². The van der Waals surface area contributed by atoms with Crippen LogP contribution in [-0.4, -0.2) is 26.0 Å². The van der Waals surface area contributed by atoms with E-state index in [-0.39, 0.29) is 6.61 Å². The minimum absolute atomic E-state index is 0.272.